The fourth-order valence-electron chi connectivity index (χ4n) is 1.80. The molecule has 0 aromatic heterocycles. The monoisotopic (exact) mass is 215 g/mol. The van der Waals surface area contributed by atoms with Gasteiger partial charge in [0.2, 0.25) is 0 Å². The van der Waals surface area contributed by atoms with Crippen molar-refractivity contribution < 1.29 is 0 Å². The summed E-state index contributed by atoms with van der Waals surface area (Å²) in [6.45, 7) is 10.0. The summed E-state index contributed by atoms with van der Waals surface area (Å²) < 4.78 is 0. The van der Waals surface area contributed by atoms with Gasteiger partial charge in [0.05, 0.1) is 12.6 Å². The van der Waals surface area contributed by atoms with Crippen LogP contribution in [0, 0.1) is 17.9 Å². The maximum Gasteiger partial charge on any atom is 0.262 e. The lowest BCUT2D eigenvalue weighted by Gasteiger charge is -2.07. The van der Waals surface area contributed by atoms with Crippen molar-refractivity contribution >= 4 is 0 Å². The minimum atomic E-state index is 0.187. The molecule has 0 amide bonds. The first-order chi connectivity index (χ1) is 7.81. The van der Waals surface area contributed by atoms with Crippen molar-refractivity contribution in [2.24, 2.45) is 0 Å². The fourth-order valence-corrected chi connectivity index (χ4v) is 1.80. The van der Waals surface area contributed by atoms with Crippen LogP contribution in [0.5, 0.6) is 0 Å². The van der Waals surface area contributed by atoms with Crippen LogP contribution >= 0.6 is 0 Å². The minimum absolute atomic E-state index is 0.187. The molecule has 0 aromatic rings. The summed E-state index contributed by atoms with van der Waals surface area (Å²) >= 11 is 0. The second-order valence-electron chi connectivity index (χ2n) is 3.89. The summed E-state index contributed by atoms with van der Waals surface area (Å²) in [5.74, 6) is 0. The number of rotatable bonds is 5. The molecule has 3 heteroatoms. The highest BCUT2D eigenvalue weighted by Gasteiger charge is 2.12. The molecule has 1 N–H and O–H groups in total. The second kappa shape index (κ2) is 6.69. The van der Waals surface area contributed by atoms with Gasteiger partial charge in [-0.05, 0) is 37.3 Å². The summed E-state index contributed by atoms with van der Waals surface area (Å²) in [6, 6.07) is 1.91. The second-order valence-corrected chi connectivity index (χ2v) is 3.89. The predicted molar refractivity (Wildman–Crippen MR) is 64.1 cm³/mol. The van der Waals surface area contributed by atoms with Crippen LogP contribution in [-0.4, -0.2) is 6.54 Å². The normalized spacial score (nSPS) is 15.8. The van der Waals surface area contributed by atoms with E-state index < -0.39 is 0 Å². The van der Waals surface area contributed by atoms with E-state index in [0.717, 1.165) is 37.8 Å². The minimum Gasteiger partial charge on any atom is -0.388 e. The van der Waals surface area contributed by atoms with E-state index in [1.807, 2.05) is 6.07 Å². The molecule has 0 atom stereocenters. The Kier molecular flexibility index (Phi) is 5.16. The largest absolute Gasteiger partial charge is 0.388 e. The highest BCUT2D eigenvalue weighted by molar-refractivity contribution is 5.39. The summed E-state index contributed by atoms with van der Waals surface area (Å²) in [6.07, 6.45) is 7.22. The molecule has 0 radical (unpaired) electrons. The van der Waals surface area contributed by atoms with Gasteiger partial charge in [-0.2, -0.15) is 0 Å². The molecule has 0 spiro atoms. The zero-order valence-electron chi connectivity index (χ0n) is 9.71. The third kappa shape index (κ3) is 3.44. The number of hydrogen-bond acceptors (Lipinski definition) is 2. The first kappa shape index (κ1) is 12.3. The van der Waals surface area contributed by atoms with Crippen LogP contribution in [-0.2, 0) is 0 Å². The summed E-state index contributed by atoms with van der Waals surface area (Å²) in [5.41, 5.74) is 2.56. The third-order valence-corrected chi connectivity index (χ3v) is 2.68. The third-order valence-electron chi connectivity index (χ3n) is 2.68. The Morgan fingerprint density at radius 3 is 3.06 bits per heavy atom. The Morgan fingerprint density at radius 1 is 1.62 bits per heavy atom. The number of allylic oxidation sites excluding steroid dienone is 4. The Labute approximate surface area is 97.3 Å². The van der Waals surface area contributed by atoms with Crippen molar-refractivity contribution in [3.05, 3.63) is 34.5 Å². The zero-order valence-corrected chi connectivity index (χ0v) is 9.71. The van der Waals surface area contributed by atoms with Crippen LogP contribution in [0.1, 0.15) is 39.0 Å². The predicted octanol–water partition coefficient (Wildman–Crippen LogP) is 3.14. The Hall–Kier alpha value is -1.74. The van der Waals surface area contributed by atoms with Crippen LogP contribution < -0.4 is 5.32 Å². The molecule has 0 saturated carbocycles. The summed E-state index contributed by atoms with van der Waals surface area (Å²) in [4.78, 5) is 3.19. The molecule has 1 rings (SSSR count). The van der Waals surface area contributed by atoms with E-state index in [0.29, 0.717) is 0 Å². The fraction of sp³-hybridized carbons (Fsp3) is 0.538. The van der Waals surface area contributed by atoms with Gasteiger partial charge in [-0.25, -0.2) is 10.1 Å². The lowest BCUT2D eigenvalue weighted by Crippen LogP contribution is -2.14. The van der Waals surface area contributed by atoms with E-state index in [9.17, 15) is 0 Å². The summed E-state index contributed by atoms with van der Waals surface area (Å²) in [5, 5.41) is 12.1. The quantitative estimate of drug-likeness (QED) is 0.435. The first-order valence-electron chi connectivity index (χ1n) is 5.77. The zero-order chi connectivity index (χ0) is 11.8. The van der Waals surface area contributed by atoms with Crippen LogP contribution in [0.4, 0.5) is 0 Å². The molecule has 1 aliphatic carbocycles. The molecule has 1 aliphatic rings. The molecular formula is C13H17N3. The van der Waals surface area contributed by atoms with Crippen molar-refractivity contribution in [3.8, 4) is 6.07 Å². The molecule has 0 saturated heterocycles. The molecule has 0 heterocycles. The highest BCUT2D eigenvalue weighted by atomic mass is 14.9. The molecule has 0 aliphatic heterocycles. The van der Waals surface area contributed by atoms with Crippen molar-refractivity contribution in [2.45, 2.75) is 39.0 Å². The van der Waals surface area contributed by atoms with Gasteiger partial charge in [0.1, 0.15) is 0 Å². The van der Waals surface area contributed by atoms with Crippen molar-refractivity contribution in [2.75, 3.05) is 6.54 Å². The number of unbranched alkanes of at least 4 members (excludes halogenated alkanes) is 1. The molecule has 0 bridgehead atoms. The van der Waals surface area contributed by atoms with Gasteiger partial charge in [-0.15, -0.1) is 0 Å². The average molecular weight is 215 g/mol. The molecule has 16 heavy (non-hydrogen) atoms. The van der Waals surface area contributed by atoms with E-state index in [4.69, 9.17) is 11.8 Å². The Balaban J connectivity index is 2.69. The van der Waals surface area contributed by atoms with Crippen LogP contribution in [0.25, 0.3) is 4.85 Å². The van der Waals surface area contributed by atoms with Crippen molar-refractivity contribution in [1.29, 1.82) is 5.26 Å². The van der Waals surface area contributed by atoms with Gasteiger partial charge in [-0.1, -0.05) is 13.3 Å². The van der Waals surface area contributed by atoms with Gasteiger partial charge in [-0.3, -0.25) is 0 Å². The number of nitriles is 1. The van der Waals surface area contributed by atoms with Gasteiger partial charge in [0.15, 0.2) is 0 Å². The van der Waals surface area contributed by atoms with Crippen LogP contribution in [0.15, 0.2) is 23.0 Å². The van der Waals surface area contributed by atoms with Crippen LogP contribution in [0.3, 0.4) is 0 Å². The lowest BCUT2D eigenvalue weighted by atomic mass is 10.2. The molecular weight excluding hydrogens is 198 g/mol. The van der Waals surface area contributed by atoms with Gasteiger partial charge < -0.3 is 5.32 Å². The van der Waals surface area contributed by atoms with Gasteiger partial charge in [0, 0.05) is 12.2 Å². The maximum atomic E-state index is 8.71. The Morgan fingerprint density at radius 2 is 2.44 bits per heavy atom. The lowest BCUT2D eigenvalue weighted by molar-refractivity contribution is 0.691. The topological polar surface area (TPSA) is 40.2 Å². The van der Waals surface area contributed by atoms with Crippen molar-refractivity contribution in [3.63, 3.8) is 0 Å². The number of nitrogens with zero attached hydrogens (tertiary/aromatic N) is 2. The van der Waals surface area contributed by atoms with Crippen molar-refractivity contribution in [1.82, 2.24) is 5.32 Å². The van der Waals surface area contributed by atoms with E-state index in [1.54, 1.807) is 6.08 Å². The molecule has 3 nitrogen and oxygen atoms in total. The van der Waals surface area contributed by atoms with Gasteiger partial charge in [0.25, 0.3) is 5.70 Å². The smallest absolute Gasteiger partial charge is 0.262 e. The Bertz CT molecular complexity index is 361. The number of hydrogen-bond donors (Lipinski definition) is 1. The molecule has 84 valence electrons. The average Bonchev–Trinajstić information content (AvgIpc) is 2.74. The van der Waals surface area contributed by atoms with E-state index in [-0.39, 0.29) is 5.70 Å². The van der Waals surface area contributed by atoms with E-state index in [1.165, 1.54) is 12.1 Å². The van der Waals surface area contributed by atoms with Gasteiger partial charge >= 0.3 is 0 Å². The van der Waals surface area contributed by atoms with Crippen LogP contribution in [0.2, 0.25) is 0 Å². The molecule has 0 unspecified atom stereocenters. The molecule has 0 fully saturated rings. The first-order valence-corrected chi connectivity index (χ1v) is 5.77. The SMILES string of the molecule is [C-]#[N+]/C(C#N)=C\C1=C(NCCCC)CCC1. The molecule has 0 aromatic carbocycles. The van der Waals surface area contributed by atoms with E-state index in [2.05, 4.69) is 17.1 Å². The maximum absolute atomic E-state index is 8.71. The standard InChI is InChI=1S/C13H17N3/c1-3-4-8-16-13-7-5-6-11(13)9-12(10-14)15-2/h9,16H,3-8H2,1H3/b12-9-. The number of nitrogens with one attached hydrogen (secondary N) is 1. The van der Waals surface area contributed by atoms with E-state index >= 15 is 0 Å². The highest BCUT2D eigenvalue weighted by Crippen LogP contribution is 2.26. The summed E-state index contributed by atoms with van der Waals surface area (Å²) in [7, 11) is 0.